The van der Waals surface area contributed by atoms with E-state index in [1.807, 2.05) is 58.8 Å². The van der Waals surface area contributed by atoms with Crippen molar-refractivity contribution in [2.24, 2.45) is 5.92 Å². The van der Waals surface area contributed by atoms with Gasteiger partial charge in [0.15, 0.2) is 5.58 Å². The fourth-order valence-corrected chi connectivity index (χ4v) is 4.98. The summed E-state index contributed by atoms with van der Waals surface area (Å²) >= 11 is 0. The van der Waals surface area contributed by atoms with Crippen LogP contribution in [0, 0.1) is 5.92 Å². The molecule has 30 heavy (non-hydrogen) atoms. The topological polar surface area (TPSA) is 71.6 Å². The maximum atomic E-state index is 13.1. The molecule has 0 saturated carbocycles. The average molecular weight is 406 g/mol. The van der Waals surface area contributed by atoms with E-state index < -0.39 is 0 Å². The molecule has 1 aromatic carbocycles. The van der Waals surface area contributed by atoms with Crippen molar-refractivity contribution in [3.05, 3.63) is 63.7 Å². The number of benzene rings is 1. The maximum absolute atomic E-state index is 13.1. The number of fused-ring (bicyclic) bond motifs is 5. The van der Waals surface area contributed by atoms with Crippen molar-refractivity contribution in [3.8, 4) is 0 Å². The van der Waals surface area contributed by atoms with E-state index in [2.05, 4.69) is 11.2 Å². The van der Waals surface area contributed by atoms with Gasteiger partial charge in [0.05, 0.1) is 6.42 Å². The van der Waals surface area contributed by atoms with Gasteiger partial charge in [0.25, 0.3) is 5.56 Å². The monoisotopic (exact) mass is 406 g/mol. The van der Waals surface area contributed by atoms with E-state index in [1.165, 1.54) is 0 Å². The molecule has 1 fully saturated rings. The Bertz CT molecular complexity index is 1160. The summed E-state index contributed by atoms with van der Waals surface area (Å²) in [5, 5.41) is 5.01. The van der Waals surface area contributed by atoms with Crippen molar-refractivity contribution in [1.29, 1.82) is 0 Å². The Kier molecular flexibility index (Phi) is 4.70. The lowest BCUT2D eigenvalue weighted by Gasteiger charge is -2.43. The largest absolute Gasteiger partial charge is 0.356 e. The van der Waals surface area contributed by atoms with Crippen LogP contribution in [0.4, 0.5) is 0 Å². The van der Waals surface area contributed by atoms with Gasteiger partial charge < -0.3 is 18.9 Å². The van der Waals surface area contributed by atoms with Crippen LogP contribution in [-0.2, 0) is 24.3 Å². The van der Waals surface area contributed by atoms with Gasteiger partial charge in [-0.3, -0.25) is 9.59 Å². The molecule has 1 amide bonds. The summed E-state index contributed by atoms with van der Waals surface area (Å²) in [7, 11) is 3.94. The number of piperidine rings is 1. The summed E-state index contributed by atoms with van der Waals surface area (Å²) < 4.78 is 7.30. The van der Waals surface area contributed by atoms with Gasteiger partial charge >= 0.3 is 0 Å². The molecule has 2 bridgehead atoms. The minimum atomic E-state index is 0.0729. The Hall–Kier alpha value is -2.93. The number of hydrogen-bond donors (Lipinski definition) is 0. The first kappa shape index (κ1) is 19.1. The number of hydrogen-bond acceptors (Lipinski definition) is 5. The zero-order chi connectivity index (χ0) is 20.8. The molecular formula is C23H26N4O3. The highest BCUT2D eigenvalue weighted by atomic mass is 16.5. The smallest absolute Gasteiger partial charge is 0.255 e. The number of amides is 1. The number of carbonyl (C=O) groups excluding carboxylic acids is 1. The van der Waals surface area contributed by atoms with Gasteiger partial charge in [0, 0.05) is 48.7 Å². The van der Waals surface area contributed by atoms with Crippen molar-refractivity contribution < 1.29 is 9.32 Å². The molecule has 2 aliphatic rings. The molecule has 0 unspecified atom stereocenters. The van der Waals surface area contributed by atoms with Crippen molar-refractivity contribution in [2.45, 2.75) is 31.8 Å². The van der Waals surface area contributed by atoms with Crippen LogP contribution in [0.1, 0.15) is 29.3 Å². The van der Waals surface area contributed by atoms with E-state index in [4.69, 9.17) is 4.52 Å². The number of para-hydroxylation sites is 1. The molecule has 0 spiro atoms. The lowest BCUT2D eigenvalue weighted by Crippen LogP contribution is -2.50. The number of carbonyl (C=O) groups is 1. The predicted octanol–water partition coefficient (Wildman–Crippen LogP) is 2.24. The van der Waals surface area contributed by atoms with Gasteiger partial charge in [-0.15, -0.1) is 0 Å². The second-order valence-corrected chi connectivity index (χ2v) is 8.84. The fourth-order valence-electron chi connectivity index (χ4n) is 4.98. The lowest BCUT2D eigenvalue weighted by molar-refractivity contribution is -0.133. The molecule has 156 valence electrons. The summed E-state index contributed by atoms with van der Waals surface area (Å²) in [5.41, 5.74) is 3.40. The maximum Gasteiger partial charge on any atom is 0.255 e. The third kappa shape index (κ3) is 3.33. The Balaban J connectivity index is 1.36. The molecule has 2 aromatic heterocycles. The summed E-state index contributed by atoms with van der Waals surface area (Å²) in [6.07, 6.45) is 1.27. The summed E-state index contributed by atoms with van der Waals surface area (Å²) in [6.45, 7) is 2.67. The molecular weight excluding hydrogens is 380 g/mol. The molecule has 4 heterocycles. The summed E-state index contributed by atoms with van der Waals surface area (Å²) in [4.78, 5) is 30.0. The van der Waals surface area contributed by atoms with Gasteiger partial charge in [0.1, 0.15) is 5.69 Å². The normalized spacial score (nSPS) is 20.6. The van der Waals surface area contributed by atoms with Crippen LogP contribution < -0.4 is 5.56 Å². The Morgan fingerprint density at radius 1 is 1.17 bits per heavy atom. The minimum Gasteiger partial charge on any atom is -0.356 e. The Morgan fingerprint density at radius 2 is 2.00 bits per heavy atom. The molecule has 2 aliphatic heterocycles. The lowest BCUT2D eigenvalue weighted by atomic mass is 9.82. The molecule has 7 heteroatoms. The van der Waals surface area contributed by atoms with E-state index in [0.29, 0.717) is 43.4 Å². The molecule has 5 rings (SSSR count). The van der Waals surface area contributed by atoms with Gasteiger partial charge in [-0.05, 0) is 44.6 Å². The molecule has 1 saturated heterocycles. The standard InChI is InChI=1S/C23H26N4O3/c1-25(2)13-16-7-8-20-17-9-15(12-27(20)23(16)29)11-26(14-17)22(28)10-19-18-5-3-4-6-21(18)30-24-19/h3-8,15,17H,9-14H2,1-2H3/t15-,17+/m0/s1. The quantitative estimate of drug-likeness (QED) is 0.665. The second kappa shape index (κ2) is 7.40. The highest BCUT2D eigenvalue weighted by molar-refractivity contribution is 5.86. The van der Waals surface area contributed by atoms with Gasteiger partial charge in [-0.25, -0.2) is 0 Å². The van der Waals surface area contributed by atoms with Gasteiger partial charge in [0.2, 0.25) is 5.91 Å². The van der Waals surface area contributed by atoms with Crippen LogP contribution in [0.5, 0.6) is 0 Å². The van der Waals surface area contributed by atoms with E-state index >= 15 is 0 Å². The third-order valence-corrected chi connectivity index (χ3v) is 6.29. The van der Waals surface area contributed by atoms with Crippen LogP contribution in [0.15, 0.2) is 45.7 Å². The Labute approximate surface area is 174 Å². The van der Waals surface area contributed by atoms with Crippen molar-refractivity contribution in [3.63, 3.8) is 0 Å². The van der Waals surface area contributed by atoms with Crippen LogP contribution in [0.2, 0.25) is 0 Å². The highest BCUT2D eigenvalue weighted by Gasteiger charge is 2.36. The molecule has 3 aromatic rings. The van der Waals surface area contributed by atoms with Crippen LogP contribution >= 0.6 is 0 Å². The third-order valence-electron chi connectivity index (χ3n) is 6.29. The van der Waals surface area contributed by atoms with Gasteiger partial charge in [-0.1, -0.05) is 23.4 Å². The fraction of sp³-hybridized carbons (Fsp3) is 0.435. The van der Waals surface area contributed by atoms with E-state index in [9.17, 15) is 9.59 Å². The number of likely N-dealkylation sites (tertiary alicyclic amines) is 1. The molecule has 2 atom stereocenters. The van der Waals surface area contributed by atoms with Crippen LogP contribution in [-0.4, -0.2) is 52.6 Å². The highest BCUT2D eigenvalue weighted by Crippen LogP contribution is 2.35. The SMILES string of the molecule is CN(C)Cc1ccc2n(c1=O)C[C@H]1C[C@@H]2CN(C(=O)Cc2noc3ccccc23)C1. The summed E-state index contributed by atoms with van der Waals surface area (Å²) in [5.74, 6) is 0.585. The Morgan fingerprint density at radius 3 is 2.83 bits per heavy atom. The van der Waals surface area contributed by atoms with E-state index in [-0.39, 0.29) is 23.8 Å². The summed E-state index contributed by atoms with van der Waals surface area (Å²) in [6, 6.07) is 11.7. The molecule has 7 nitrogen and oxygen atoms in total. The number of nitrogens with zero attached hydrogens (tertiary/aromatic N) is 4. The molecule has 0 N–H and O–H groups in total. The minimum absolute atomic E-state index is 0.0729. The first-order valence-corrected chi connectivity index (χ1v) is 10.5. The first-order chi connectivity index (χ1) is 14.5. The number of pyridine rings is 1. The van der Waals surface area contributed by atoms with Crippen molar-refractivity contribution in [2.75, 3.05) is 27.2 Å². The van der Waals surface area contributed by atoms with Crippen LogP contribution in [0.25, 0.3) is 11.0 Å². The predicted molar refractivity (Wildman–Crippen MR) is 113 cm³/mol. The number of rotatable bonds is 4. The zero-order valence-electron chi connectivity index (χ0n) is 17.4. The molecule has 0 aliphatic carbocycles. The van der Waals surface area contributed by atoms with Gasteiger partial charge in [-0.2, -0.15) is 0 Å². The average Bonchev–Trinajstić information content (AvgIpc) is 3.13. The van der Waals surface area contributed by atoms with Crippen LogP contribution in [0.3, 0.4) is 0 Å². The van der Waals surface area contributed by atoms with Crippen molar-refractivity contribution >= 4 is 16.9 Å². The van der Waals surface area contributed by atoms with E-state index in [0.717, 1.165) is 23.1 Å². The van der Waals surface area contributed by atoms with E-state index in [1.54, 1.807) is 0 Å². The zero-order valence-corrected chi connectivity index (χ0v) is 17.4. The van der Waals surface area contributed by atoms with Crippen molar-refractivity contribution in [1.82, 2.24) is 19.5 Å². The number of aromatic nitrogens is 2. The molecule has 0 radical (unpaired) electrons. The second-order valence-electron chi connectivity index (χ2n) is 8.84. The first-order valence-electron chi connectivity index (χ1n) is 10.5.